The van der Waals surface area contributed by atoms with E-state index in [1.165, 1.54) is 0 Å². The fourth-order valence-electron chi connectivity index (χ4n) is 3.53. The van der Waals surface area contributed by atoms with Crippen molar-refractivity contribution in [1.29, 1.82) is 0 Å². The predicted molar refractivity (Wildman–Crippen MR) is 127 cm³/mol. The van der Waals surface area contributed by atoms with Gasteiger partial charge in [-0.25, -0.2) is 4.79 Å². The zero-order chi connectivity index (χ0) is 22.8. The van der Waals surface area contributed by atoms with Gasteiger partial charge in [0.2, 0.25) is 5.91 Å². The minimum Gasteiger partial charge on any atom is -0.425 e. The number of nitrogens with one attached hydrogen (secondary N) is 2. The Morgan fingerprint density at radius 2 is 1.66 bits per heavy atom. The van der Waals surface area contributed by atoms with Crippen LogP contribution in [0, 0.1) is 0 Å². The minimum absolute atomic E-state index is 0.342. The lowest BCUT2D eigenvalue weighted by molar-refractivity contribution is -0.139. The molecule has 6 heteroatoms. The first-order valence-corrected chi connectivity index (χ1v) is 11.0. The third-order valence-electron chi connectivity index (χ3n) is 5.38. The van der Waals surface area contributed by atoms with Gasteiger partial charge in [0.15, 0.2) is 0 Å². The maximum absolute atomic E-state index is 12.9. The van der Waals surface area contributed by atoms with E-state index in [9.17, 15) is 9.59 Å². The second-order valence-electron chi connectivity index (χ2n) is 7.87. The minimum atomic E-state index is -0.759. The summed E-state index contributed by atoms with van der Waals surface area (Å²) in [7, 11) is 1.85. The van der Waals surface area contributed by atoms with Crippen LogP contribution in [0.2, 0.25) is 0 Å². The molecular formula is C26H31N3O3. The van der Waals surface area contributed by atoms with Crippen molar-refractivity contribution in [2.24, 2.45) is 5.73 Å². The molecule has 0 aliphatic heterocycles. The number of rotatable bonds is 11. The Balaban J connectivity index is 1.61. The summed E-state index contributed by atoms with van der Waals surface area (Å²) in [5.41, 5.74) is 7.23. The van der Waals surface area contributed by atoms with Crippen molar-refractivity contribution in [3.05, 3.63) is 78.4 Å². The zero-order valence-electron chi connectivity index (χ0n) is 18.4. The highest BCUT2D eigenvalue weighted by atomic mass is 16.5. The Bertz CT molecular complexity index is 1020. The van der Waals surface area contributed by atoms with E-state index < -0.39 is 18.1 Å². The van der Waals surface area contributed by atoms with E-state index >= 15 is 0 Å². The molecule has 2 atom stereocenters. The Morgan fingerprint density at radius 1 is 0.938 bits per heavy atom. The summed E-state index contributed by atoms with van der Waals surface area (Å²) in [5, 5.41) is 7.91. The van der Waals surface area contributed by atoms with Crippen molar-refractivity contribution in [3.63, 3.8) is 0 Å². The molecule has 0 heterocycles. The molecule has 1 amide bonds. The van der Waals surface area contributed by atoms with E-state index in [4.69, 9.17) is 10.5 Å². The van der Waals surface area contributed by atoms with Crippen molar-refractivity contribution in [2.45, 2.75) is 37.8 Å². The van der Waals surface area contributed by atoms with E-state index in [0.29, 0.717) is 31.4 Å². The van der Waals surface area contributed by atoms with Gasteiger partial charge in [-0.05, 0) is 67.7 Å². The van der Waals surface area contributed by atoms with E-state index in [0.717, 1.165) is 22.9 Å². The fourth-order valence-corrected chi connectivity index (χ4v) is 3.53. The van der Waals surface area contributed by atoms with Crippen LogP contribution in [-0.2, 0) is 16.0 Å². The number of fused-ring (bicyclic) bond motifs is 1. The van der Waals surface area contributed by atoms with Gasteiger partial charge in [-0.1, -0.05) is 60.7 Å². The first kappa shape index (κ1) is 23.4. The molecule has 0 spiro atoms. The summed E-state index contributed by atoms with van der Waals surface area (Å²) < 4.78 is 5.61. The summed E-state index contributed by atoms with van der Waals surface area (Å²) in [4.78, 5) is 25.6. The molecule has 168 valence electrons. The van der Waals surface area contributed by atoms with Crippen molar-refractivity contribution < 1.29 is 14.3 Å². The summed E-state index contributed by atoms with van der Waals surface area (Å²) in [6.07, 6.45) is 2.37. The van der Waals surface area contributed by atoms with Crippen molar-refractivity contribution in [1.82, 2.24) is 10.6 Å². The molecule has 0 saturated carbocycles. The number of ether oxygens (including phenoxy) is 1. The van der Waals surface area contributed by atoms with Crippen LogP contribution in [0.1, 0.15) is 24.8 Å². The quantitative estimate of drug-likeness (QED) is 0.245. The third-order valence-corrected chi connectivity index (χ3v) is 5.38. The summed E-state index contributed by atoms with van der Waals surface area (Å²) >= 11 is 0. The maximum Gasteiger partial charge on any atom is 0.334 e. The second kappa shape index (κ2) is 12.0. The Hall–Kier alpha value is -3.22. The molecule has 0 unspecified atom stereocenters. The van der Waals surface area contributed by atoms with E-state index in [2.05, 4.69) is 10.6 Å². The molecule has 0 aromatic heterocycles. The van der Waals surface area contributed by atoms with E-state index in [-0.39, 0.29) is 5.91 Å². The Kier molecular flexibility index (Phi) is 8.78. The first-order valence-electron chi connectivity index (χ1n) is 11.0. The molecule has 0 aliphatic rings. The Labute approximate surface area is 189 Å². The highest BCUT2D eigenvalue weighted by Gasteiger charge is 2.25. The molecule has 6 nitrogen and oxygen atoms in total. The van der Waals surface area contributed by atoms with Crippen LogP contribution < -0.4 is 21.1 Å². The lowest BCUT2D eigenvalue weighted by Gasteiger charge is -2.20. The molecule has 0 aliphatic carbocycles. The number of hydrogen-bond acceptors (Lipinski definition) is 5. The molecule has 0 bridgehead atoms. The number of carbonyl (C=O) groups is 2. The normalized spacial score (nSPS) is 12.8. The number of benzene rings is 3. The monoisotopic (exact) mass is 433 g/mol. The lowest BCUT2D eigenvalue weighted by Crippen LogP contribution is -2.49. The van der Waals surface area contributed by atoms with Gasteiger partial charge in [-0.2, -0.15) is 0 Å². The number of aryl methyl sites for hydroxylation is 1. The molecule has 0 radical (unpaired) electrons. The first-order chi connectivity index (χ1) is 15.6. The zero-order valence-corrected chi connectivity index (χ0v) is 18.4. The van der Waals surface area contributed by atoms with Crippen LogP contribution in [0.15, 0.2) is 72.8 Å². The van der Waals surface area contributed by atoms with Crippen molar-refractivity contribution >= 4 is 22.6 Å². The molecule has 4 N–H and O–H groups in total. The van der Waals surface area contributed by atoms with Crippen LogP contribution >= 0.6 is 0 Å². The van der Waals surface area contributed by atoms with Gasteiger partial charge >= 0.3 is 5.97 Å². The average molecular weight is 434 g/mol. The molecule has 32 heavy (non-hydrogen) atoms. The van der Waals surface area contributed by atoms with Crippen LogP contribution in [0.25, 0.3) is 10.8 Å². The molecule has 0 saturated heterocycles. The number of esters is 1. The van der Waals surface area contributed by atoms with Crippen molar-refractivity contribution in [2.75, 3.05) is 13.6 Å². The highest BCUT2D eigenvalue weighted by molar-refractivity contribution is 5.89. The number of amides is 1. The average Bonchev–Trinajstić information content (AvgIpc) is 2.82. The predicted octanol–water partition coefficient (Wildman–Crippen LogP) is 3.19. The van der Waals surface area contributed by atoms with Crippen LogP contribution in [0.3, 0.4) is 0 Å². The lowest BCUT2D eigenvalue weighted by atomic mass is 10.0. The van der Waals surface area contributed by atoms with Crippen LogP contribution in [-0.4, -0.2) is 37.6 Å². The van der Waals surface area contributed by atoms with Gasteiger partial charge in [0.1, 0.15) is 11.8 Å². The number of carbonyl (C=O) groups excluding carboxylic acids is 2. The van der Waals surface area contributed by atoms with Gasteiger partial charge in [0.25, 0.3) is 0 Å². The molecule has 3 aromatic rings. The summed E-state index contributed by atoms with van der Waals surface area (Å²) in [6.45, 7) is 0.732. The molecule has 3 aromatic carbocycles. The summed E-state index contributed by atoms with van der Waals surface area (Å²) in [5.74, 6) is -0.374. The Morgan fingerprint density at radius 3 is 2.41 bits per heavy atom. The van der Waals surface area contributed by atoms with Gasteiger partial charge in [0, 0.05) is 0 Å². The molecule has 3 rings (SSSR count). The van der Waals surface area contributed by atoms with Crippen LogP contribution in [0.4, 0.5) is 0 Å². The van der Waals surface area contributed by atoms with E-state index in [1.807, 2.05) is 73.8 Å². The number of hydrogen-bond donors (Lipinski definition) is 3. The standard InChI is InChI=1S/C26H31N3O3/c1-28-17-7-12-24(29-25(30)23(27)16-13-19-8-3-2-4-9-19)26(31)32-22-15-14-20-10-5-6-11-21(20)18-22/h2-6,8-11,14-15,18,23-24,28H,7,12-13,16-17,27H2,1H3,(H,29,30)/t23-,24-/m0/s1. The SMILES string of the molecule is CNCCC[C@H](NC(=O)[C@@H](N)CCc1ccccc1)C(=O)Oc1ccc2ccccc2c1. The second-order valence-corrected chi connectivity index (χ2v) is 7.87. The van der Waals surface area contributed by atoms with Crippen molar-refractivity contribution in [3.8, 4) is 5.75 Å². The number of nitrogens with two attached hydrogens (primary N) is 1. The summed E-state index contributed by atoms with van der Waals surface area (Å²) in [6, 6.07) is 21.8. The van der Waals surface area contributed by atoms with Crippen LogP contribution in [0.5, 0.6) is 5.75 Å². The highest BCUT2D eigenvalue weighted by Crippen LogP contribution is 2.21. The maximum atomic E-state index is 12.9. The topological polar surface area (TPSA) is 93.5 Å². The van der Waals surface area contributed by atoms with Gasteiger partial charge < -0.3 is 21.1 Å². The van der Waals surface area contributed by atoms with Gasteiger partial charge in [-0.15, -0.1) is 0 Å². The van der Waals surface area contributed by atoms with Gasteiger partial charge in [0.05, 0.1) is 6.04 Å². The smallest absolute Gasteiger partial charge is 0.334 e. The van der Waals surface area contributed by atoms with E-state index in [1.54, 1.807) is 6.07 Å². The molecular weight excluding hydrogens is 402 g/mol. The fraction of sp³-hybridized carbons (Fsp3) is 0.308. The third kappa shape index (κ3) is 6.90. The largest absolute Gasteiger partial charge is 0.425 e. The molecule has 0 fully saturated rings. The van der Waals surface area contributed by atoms with Gasteiger partial charge in [-0.3, -0.25) is 4.79 Å².